The molecule has 4 rings (SSSR count). The first-order valence-corrected chi connectivity index (χ1v) is 8.95. The molecule has 0 aliphatic rings. The summed E-state index contributed by atoms with van der Waals surface area (Å²) >= 11 is 0. The summed E-state index contributed by atoms with van der Waals surface area (Å²) in [5, 5.41) is 11.0. The molecule has 1 heterocycles. The fourth-order valence-corrected chi connectivity index (χ4v) is 2.96. The van der Waals surface area contributed by atoms with Crippen LogP contribution in [0.15, 0.2) is 72.8 Å². The molecular weight excluding hydrogens is 336 g/mol. The van der Waals surface area contributed by atoms with Gasteiger partial charge in [0.1, 0.15) is 11.5 Å². The van der Waals surface area contributed by atoms with E-state index in [2.05, 4.69) is 29.9 Å². The maximum absolute atomic E-state index is 10.2. The number of phenols is 1. The molecule has 0 atom stereocenters. The average Bonchev–Trinajstić information content (AvgIpc) is 2.68. The Morgan fingerprint density at radius 1 is 0.852 bits per heavy atom. The van der Waals surface area contributed by atoms with Crippen LogP contribution in [0.5, 0.6) is 17.4 Å². The molecule has 0 saturated heterocycles. The molecule has 134 valence electrons. The third-order valence-corrected chi connectivity index (χ3v) is 4.45. The van der Waals surface area contributed by atoms with E-state index >= 15 is 0 Å². The van der Waals surface area contributed by atoms with Gasteiger partial charge in [0.25, 0.3) is 0 Å². The number of para-hydroxylation sites is 2. The highest BCUT2D eigenvalue weighted by Crippen LogP contribution is 2.33. The van der Waals surface area contributed by atoms with E-state index < -0.39 is 0 Å². The number of aromatic nitrogens is 2. The number of hydrogen-bond donors (Lipinski definition) is 1. The van der Waals surface area contributed by atoms with Gasteiger partial charge in [-0.2, -0.15) is 4.98 Å². The summed E-state index contributed by atoms with van der Waals surface area (Å²) in [6.07, 6.45) is 0. The molecule has 4 heteroatoms. The number of benzene rings is 3. The molecule has 27 heavy (non-hydrogen) atoms. The van der Waals surface area contributed by atoms with Crippen LogP contribution in [-0.4, -0.2) is 15.1 Å². The van der Waals surface area contributed by atoms with E-state index in [1.165, 1.54) is 5.56 Å². The number of ether oxygens (including phenoxy) is 1. The van der Waals surface area contributed by atoms with Crippen molar-refractivity contribution in [3.8, 4) is 28.8 Å². The maximum Gasteiger partial charge on any atom is 0.230 e. The van der Waals surface area contributed by atoms with E-state index in [9.17, 15) is 5.11 Å². The van der Waals surface area contributed by atoms with Crippen LogP contribution in [-0.2, 0) is 0 Å². The van der Waals surface area contributed by atoms with E-state index in [1.54, 1.807) is 18.2 Å². The Morgan fingerprint density at radius 3 is 2.44 bits per heavy atom. The zero-order valence-electron chi connectivity index (χ0n) is 15.3. The van der Waals surface area contributed by atoms with Crippen LogP contribution in [0.3, 0.4) is 0 Å². The Bertz CT molecular complexity index is 1110. The second-order valence-electron chi connectivity index (χ2n) is 6.72. The standard InChI is InChI=1S/C23H20N2O2/c1-15(2)16-8-7-9-17(14-16)27-23-18-10-3-5-12-20(18)24-22(25-23)19-11-4-6-13-21(19)26/h3-15,26H,1-2H3. The smallest absolute Gasteiger partial charge is 0.230 e. The summed E-state index contributed by atoms with van der Waals surface area (Å²) in [5.41, 5.74) is 2.54. The average molecular weight is 356 g/mol. The molecule has 1 aromatic heterocycles. The molecule has 4 aromatic rings. The maximum atomic E-state index is 10.2. The summed E-state index contributed by atoms with van der Waals surface area (Å²) in [6, 6.07) is 22.8. The van der Waals surface area contributed by atoms with Gasteiger partial charge >= 0.3 is 0 Å². The molecule has 0 spiro atoms. The Labute approximate surface area is 158 Å². The largest absolute Gasteiger partial charge is 0.507 e. The fourth-order valence-electron chi connectivity index (χ4n) is 2.96. The van der Waals surface area contributed by atoms with E-state index in [4.69, 9.17) is 4.74 Å². The van der Waals surface area contributed by atoms with E-state index in [0.29, 0.717) is 23.2 Å². The molecule has 0 saturated carbocycles. The van der Waals surface area contributed by atoms with Crippen LogP contribution >= 0.6 is 0 Å². The summed E-state index contributed by atoms with van der Waals surface area (Å²) < 4.78 is 6.15. The third kappa shape index (κ3) is 3.47. The zero-order valence-corrected chi connectivity index (χ0v) is 15.3. The van der Waals surface area contributed by atoms with Crippen molar-refractivity contribution in [3.63, 3.8) is 0 Å². The molecule has 0 radical (unpaired) electrons. The second kappa shape index (κ2) is 7.08. The molecule has 0 fully saturated rings. The van der Waals surface area contributed by atoms with Gasteiger partial charge in [-0.3, -0.25) is 0 Å². The summed E-state index contributed by atoms with van der Waals surface area (Å²) in [4.78, 5) is 9.21. The topological polar surface area (TPSA) is 55.2 Å². The van der Waals surface area contributed by atoms with Gasteiger partial charge in [-0.05, 0) is 47.9 Å². The summed E-state index contributed by atoms with van der Waals surface area (Å²) in [7, 11) is 0. The van der Waals surface area contributed by atoms with Crippen molar-refractivity contribution in [3.05, 3.63) is 78.4 Å². The van der Waals surface area contributed by atoms with Crippen LogP contribution in [0, 0.1) is 0 Å². The second-order valence-corrected chi connectivity index (χ2v) is 6.72. The summed E-state index contributed by atoms with van der Waals surface area (Å²) in [6.45, 7) is 4.30. The molecule has 0 bridgehead atoms. The van der Waals surface area contributed by atoms with Gasteiger partial charge in [0, 0.05) is 0 Å². The lowest BCUT2D eigenvalue weighted by Gasteiger charge is -2.12. The zero-order chi connectivity index (χ0) is 18.8. The molecule has 0 aliphatic heterocycles. The SMILES string of the molecule is CC(C)c1cccc(Oc2nc(-c3ccccc3O)nc3ccccc23)c1. The normalized spacial score (nSPS) is 11.1. The Balaban J connectivity index is 1.84. The fraction of sp³-hybridized carbons (Fsp3) is 0.130. The van der Waals surface area contributed by atoms with Gasteiger partial charge in [0.2, 0.25) is 5.88 Å². The van der Waals surface area contributed by atoms with Crippen LogP contribution in [0.4, 0.5) is 0 Å². The Hall–Kier alpha value is -3.40. The van der Waals surface area contributed by atoms with Crippen LogP contribution in [0.2, 0.25) is 0 Å². The molecule has 0 aliphatic carbocycles. The lowest BCUT2D eigenvalue weighted by atomic mass is 10.0. The first-order chi connectivity index (χ1) is 13.1. The first kappa shape index (κ1) is 17.0. The minimum Gasteiger partial charge on any atom is -0.507 e. The van der Waals surface area contributed by atoms with Crippen LogP contribution < -0.4 is 4.74 Å². The number of aromatic hydroxyl groups is 1. The predicted octanol–water partition coefficient (Wildman–Crippen LogP) is 5.92. The Kier molecular flexibility index (Phi) is 4.47. The number of hydrogen-bond acceptors (Lipinski definition) is 4. The van der Waals surface area contributed by atoms with Gasteiger partial charge in [0.05, 0.1) is 16.5 Å². The lowest BCUT2D eigenvalue weighted by Crippen LogP contribution is -1.97. The minimum atomic E-state index is 0.139. The van der Waals surface area contributed by atoms with Crippen LogP contribution in [0.25, 0.3) is 22.3 Å². The molecule has 3 aromatic carbocycles. The number of fused-ring (bicyclic) bond motifs is 1. The van der Waals surface area contributed by atoms with Crippen LogP contribution in [0.1, 0.15) is 25.3 Å². The minimum absolute atomic E-state index is 0.139. The molecule has 4 nitrogen and oxygen atoms in total. The van der Waals surface area contributed by atoms with Gasteiger partial charge in [-0.1, -0.05) is 50.2 Å². The monoisotopic (exact) mass is 356 g/mol. The quantitative estimate of drug-likeness (QED) is 0.493. The van der Waals surface area contributed by atoms with E-state index in [0.717, 1.165) is 16.7 Å². The summed E-state index contributed by atoms with van der Waals surface area (Å²) in [5.74, 6) is 2.18. The molecular formula is C23H20N2O2. The van der Waals surface area contributed by atoms with Gasteiger partial charge in [-0.25, -0.2) is 4.98 Å². The lowest BCUT2D eigenvalue weighted by molar-refractivity contribution is 0.466. The van der Waals surface area contributed by atoms with Crippen molar-refractivity contribution in [1.82, 2.24) is 9.97 Å². The van der Waals surface area contributed by atoms with Crippen molar-refractivity contribution < 1.29 is 9.84 Å². The predicted molar refractivity (Wildman–Crippen MR) is 107 cm³/mol. The highest BCUT2D eigenvalue weighted by molar-refractivity contribution is 5.85. The number of phenolic OH excluding ortho intramolecular Hbond substituents is 1. The first-order valence-electron chi connectivity index (χ1n) is 8.95. The highest BCUT2D eigenvalue weighted by atomic mass is 16.5. The number of nitrogens with zero attached hydrogens (tertiary/aromatic N) is 2. The van der Waals surface area contributed by atoms with Crippen molar-refractivity contribution in [2.24, 2.45) is 0 Å². The van der Waals surface area contributed by atoms with E-state index in [-0.39, 0.29) is 5.75 Å². The Morgan fingerprint density at radius 2 is 1.63 bits per heavy atom. The molecule has 0 unspecified atom stereocenters. The van der Waals surface area contributed by atoms with E-state index in [1.807, 2.05) is 48.5 Å². The van der Waals surface area contributed by atoms with Crippen molar-refractivity contribution in [2.75, 3.05) is 0 Å². The third-order valence-electron chi connectivity index (χ3n) is 4.45. The van der Waals surface area contributed by atoms with Crippen molar-refractivity contribution in [1.29, 1.82) is 0 Å². The number of rotatable bonds is 4. The highest BCUT2D eigenvalue weighted by Gasteiger charge is 2.14. The van der Waals surface area contributed by atoms with Crippen molar-refractivity contribution >= 4 is 10.9 Å². The van der Waals surface area contributed by atoms with Gasteiger partial charge < -0.3 is 9.84 Å². The van der Waals surface area contributed by atoms with Gasteiger partial charge in [0.15, 0.2) is 5.82 Å². The molecule has 0 amide bonds. The van der Waals surface area contributed by atoms with Gasteiger partial charge in [-0.15, -0.1) is 0 Å². The van der Waals surface area contributed by atoms with Crippen molar-refractivity contribution in [2.45, 2.75) is 19.8 Å². The molecule has 1 N–H and O–H groups in total.